The zero-order chi connectivity index (χ0) is 10.3. The second kappa shape index (κ2) is 2.87. The Morgan fingerprint density at radius 1 is 1.43 bits per heavy atom. The highest BCUT2D eigenvalue weighted by molar-refractivity contribution is 6.32. The summed E-state index contributed by atoms with van der Waals surface area (Å²) in [5, 5.41) is 2.87. The van der Waals surface area contributed by atoms with Crippen molar-refractivity contribution in [3.8, 4) is 0 Å². The molecule has 0 atom stereocenters. The van der Waals surface area contributed by atoms with Crippen molar-refractivity contribution in [3.05, 3.63) is 29.3 Å². The first kappa shape index (κ1) is 9.32. The normalized spacial score (nSPS) is 18.6. The van der Waals surface area contributed by atoms with Crippen LogP contribution in [0.3, 0.4) is 0 Å². The molecule has 0 unspecified atom stereocenters. The van der Waals surface area contributed by atoms with Crippen LogP contribution in [0.4, 0.5) is 0 Å². The molecule has 0 aliphatic carbocycles. The van der Waals surface area contributed by atoms with Crippen LogP contribution in [0.2, 0.25) is 0 Å². The van der Waals surface area contributed by atoms with Crippen molar-refractivity contribution >= 4 is 19.2 Å². The van der Waals surface area contributed by atoms with Crippen LogP contribution in [0.1, 0.15) is 29.8 Å². The molecule has 3 heteroatoms. The maximum atomic E-state index is 11.5. The van der Waals surface area contributed by atoms with Crippen LogP contribution in [0.25, 0.3) is 0 Å². The summed E-state index contributed by atoms with van der Waals surface area (Å²) >= 11 is 0. The molecule has 1 aliphatic heterocycles. The molecule has 1 N–H and O–H groups in total. The molecular weight excluding hydrogens is 173 g/mol. The van der Waals surface area contributed by atoms with E-state index in [1.807, 2.05) is 6.07 Å². The van der Waals surface area contributed by atoms with Crippen molar-refractivity contribution in [1.82, 2.24) is 5.32 Å². The third kappa shape index (κ3) is 1.33. The molecule has 1 aromatic carbocycles. The third-order valence-electron chi connectivity index (χ3n) is 2.71. The topological polar surface area (TPSA) is 29.1 Å². The number of amides is 1. The molecule has 1 heterocycles. The van der Waals surface area contributed by atoms with Crippen LogP contribution in [0.15, 0.2) is 18.2 Å². The Morgan fingerprint density at radius 3 is 2.86 bits per heavy atom. The van der Waals surface area contributed by atoms with E-state index in [1.54, 1.807) is 12.1 Å². The zero-order valence-corrected chi connectivity index (χ0v) is 8.42. The van der Waals surface area contributed by atoms with Crippen molar-refractivity contribution < 1.29 is 4.79 Å². The molecule has 70 valence electrons. The summed E-state index contributed by atoms with van der Waals surface area (Å²) in [6.45, 7) is 4.87. The number of fused-ring (bicyclic) bond motifs is 1. The minimum atomic E-state index is -0.0291. The van der Waals surface area contributed by atoms with Crippen molar-refractivity contribution in [1.29, 1.82) is 0 Å². The lowest BCUT2D eigenvalue weighted by Gasteiger charge is -2.32. The Morgan fingerprint density at radius 2 is 2.14 bits per heavy atom. The van der Waals surface area contributed by atoms with E-state index in [4.69, 9.17) is 7.85 Å². The van der Waals surface area contributed by atoms with Gasteiger partial charge in [-0.05, 0) is 11.6 Å². The highest BCUT2D eigenvalue weighted by atomic mass is 16.1. The summed E-state index contributed by atoms with van der Waals surface area (Å²) in [4.78, 5) is 11.5. The average molecular weight is 185 g/mol. The molecule has 14 heavy (non-hydrogen) atoms. The van der Waals surface area contributed by atoms with E-state index in [2.05, 4.69) is 19.2 Å². The minimum Gasteiger partial charge on any atom is -0.351 e. The quantitative estimate of drug-likeness (QED) is 0.586. The van der Waals surface area contributed by atoms with Gasteiger partial charge in [-0.1, -0.05) is 31.4 Å². The van der Waals surface area contributed by atoms with Crippen LogP contribution in [-0.2, 0) is 5.41 Å². The van der Waals surface area contributed by atoms with Gasteiger partial charge in [0.15, 0.2) is 0 Å². The second-order valence-corrected chi connectivity index (χ2v) is 4.37. The highest BCUT2D eigenvalue weighted by Crippen LogP contribution is 2.28. The SMILES string of the molecule is [B]c1ccc2c(c1)C(C)(C)CNC2=O. The zero-order valence-electron chi connectivity index (χ0n) is 8.42. The van der Waals surface area contributed by atoms with Crippen molar-refractivity contribution in [2.75, 3.05) is 6.54 Å². The first-order valence-corrected chi connectivity index (χ1v) is 4.69. The standard InChI is InChI=1S/C11H12BNO/c1-11(2)6-13-10(14)8-4-3-7(12)5-9(8)11/h3-5H,6H2,1-2H3,(H,13,14). The number of rotatable bonds is 0. The highest BCUT2D eigenvalue weighted by Gasteiger charge is 2.30. The maximum absolute atomic E-state index is 11.5. The molecule has 0 spiro atoms. The molecule has 2 rings (SSSR count). The smallest absolute Gasteiger partial charge is 0.251 e. The lowest BCUT2D eigenvalue weighted by molar-refractivity contribution is 0.0930. The molecule has 2 nitrogen and oxygen atoms in total. The van der Waals surface area contributed by atoms with Crippen LogP contribution in [-0.4, -0.2) is 20.3 Å². The van der Waals surface area contributed by atoms with Gasteiger partial charge in [0.1, 0.15) is 7.85 Å². The van der Waals surface area contributed by atoms with Gasteiger partial charge in [-0.15, -0.1) is 0 Å². The third-order valence-corrected chi connectivity index (χ3v) is 2.71. The second-order valence-electron chi connectivity index (χ2n) is 4.37. The molecule has 0 bridgehead atoms. The van der Waals surface area contributed by atoms with Gasteiger partial charge in [0, 0.05) is 17.5 Å². The van der Waals surface area contributed by atoms with Crippen LogP contribution < -0.4 is 10.8 Å². The van der Waals surface area contributed by atoms with Crippen molar-refractivity contribution in [3.63, 3.8) is 0 Å². The monoisotopic (exact) mass is 185 g/mol. The fourth-order valence-corrected chi connectivity index (χ4v) is 1.81. The first-order chi connectivity index (χ1) is 6.50. The Hall–Kier alpha value is -1.25. The molecular formula is C11H12BNO. The van der Waals surface area contributed by atoms with Gasteiger partial charge in [-0.2, -0.15) is 0 Å². The fraction of sp³-hybridized carbons (Fsp3) is 0.364. The van der Waals surface area contributed by atoms with Crippen LogP contribution in [0.5, 0.6) is 0 Å². The molecule has 1 aromatic rings. The van der Waals surface area contributed by atoms with E-state index in [9.17, 15) is 4.79 Å². The number of hydrogen-bond donors (Lipinski definition) is 1. The summed E-state index contributed by atoms with van der Waals surface area (Å²) in [5.74, 6) is -0.000625. The Kier molecular flexibility index (Phi) is 1.91. The predicted octanol–water partition coefficient (Wildman–Crippen LogP) is 0.501. The maximum Gasteiger partial charge on any atom is 0.251 e. The molecule has 0 saturated heterocycles. The number of hydrogen-bond acceptors (Lipinski definition) is 1. The molecule has 0 fully saturated rings. The van der Waals surface area contributed by atoms with Crippen molar-refractivity contribution in [2.45, 2.75) is 19.3 Å². The lowest BCUT2D eigenvalue weighted by atomic mass is 9.76. The summed E-state index contributed by atoms with van der Waals surface area (Å²) < 4.78 is 0. The van der Waals surface area contributed by atoms with Gasteiger partial charge in [-0.3, -0.25) is 4.79 Å². The molecule has 0 aromatic heterocycles. The molecule has 2 radical (unpaired) electrons. The summed E-state index contributed by atoms with van der Waals surface area (Å²) in [6.07, 6.45) is 0. The summed E-state index contributed by atoms with van der Waals surface area (Å²) in [7, 11) is 5.72. The Labute approximate surface area is 85.1 Å². The number of nitrogens with one attached hydrogen (secondary N) is 1. The summed E-state index contributed by atoms with van der Waals surface area (Å²) in [5.41, 5.74) is 2.47. The van der Waals surface area contributed by atoms with Crippen LogP contribution in [0, 0.1) is 0 Å². The number of carbonyl (C=O) groups excluding carboxylic acids is 1. The minimum absolute atomic E-state index is 0.000625. The Bertz CT molecular complexity index is 398. The molecule has 0 saturated carbocycles. The van der Waals surface area contributed by atoms with E-state index in [-0.39, 0.29) is 11.3 Å². The Balaban J connectivity index is 2.64. The number of benzene rings is 1. The van der Waals surface area contributed by atoms with Gasteiger partial charge in [0.25, 0.3) is 5.91 Å². The fourth-order valence-electron chi connectivity index (χ4n) is 1.81. The van der Waals surface area contributed by atoms with Gasteiger partial charge < -0.3 is 5.32 Å². The average Bonchev–Trinajstić information content (AvgIpc) is 2.12. The van der Waals surface area contributed by atoms with E-state index in [1.165, 1.54) is 0 Å². The predicted molar refractivity (Wildman–Crippen MR) is 57.2 cm³/mol. The molecule has 1 aliphatic rings. The largest absolute Gasteiger partial charge is 0.351 e. The van der Waals surface area contributed by atoms with E-state index >= 15 is 0 Å². The van der Waals surface area contributed by atoms with E-state index in [0.29, 0.717) is 12.0 Å². The van der Waals surface area contributed by atoms with Gasteiger partial charge >= 0.3 is 0 Å². The van der Waals surface area contributed by atoms with Gasteiger partial charge in [0.05, 0.1) is 0 Å². The van der Waals surface area contributed by atoms with E-state index in [0.717, 1.165) is 11.1 Å². The number of carbonyl (C=O) groups is 1. The van der Waals surface area contributed by atoms with Crippen LogP contribution >= 0.6 is 0 Å². The summed E-state index contributed by atoms with van der Waals surface area (Å²) in [6, 6.07) is 5.45. The van der Waals surface area contributed by atoms with Gasteiger partial charge in [0.2, 0.25) is 0 Å². The lowest BCUT2D eigenvalue weighted by Crippen LogP contribution is -2.43. The molecule has 1 amide bonds. The van der Waals surface area contributed by atoms with E-state index < -0.39 is 0 Å². The van der Waals surface area contributed by atoms with Gasteiger partial charge in [-0.25, -0.2) is 0 Å². The van der Waals surface area contributed by atoms with Crippen molar-refractivity contribution in [2.24, 2.45) is 0 Å². The first-order valence-electron chi connectivity index (χ1n) is 4.69.